The number of benzene rings is 12. The SMILES string of the molecule is [2H]C([2H])(c1cc(-n2c3ccccc3c3ccc(Oc4cccc(-n5[c-][n+](-c6c(-c7ccccc7)cccc6-c6ccccc6)c6ccccc65)c4)cc32)ncc1-c1cc(-n2c3ccccc3c3ccccc32)cc(-n2c3ccccc3c3ccccc32)c1)C(C)(C)C. The van der Waals surface area contributed by atoms with Gasteiger partial charge >= 0.3 is 0 Å². The van der Waals surface area contributed by atoms with Gasteiger partial charge in [0.05, 0.1) is 55.5 Å². The van der Waals surface area contributed by atoms with E-state index in [0.29, 0.717) is 28.4 Å². The average Bonchev–Trinajstić information content (AvgIpc) is 1.53. The van der Waals surface area contributed by atoms with E-state index in [1.54, 1.807) is 0 Å². The summed E-state index contributed by atoms with van der Waals surface area (Å²) in [5, 5.41) is 6.71. The number of rotatable bonds is 11. The topological polar surface area (TPSA) is 45.7 Å². The number of fused-ring (bicyclic) bond motifs is 10. The Labute approximate surface area is 524 Å². The minimum Gasteiger partial charge on any atom is -0.458 e. The van der Waals surface area contributed by atoms with E-state index >= 15 is 0 Å². The molecule has 0 bridgehead atoms. The zero-order valence-corrected chi connectivity index (χ0v) is 49.9. The molecule has 0 fully saturated rings. The lowest BCUT2D eigenvalue weighted by atomic mass is 9.85. The zero-order valence-electron chi connectivity index (χ0n) is 51.9. The second-order valence-electron chi connectivity index (χ2n) is 24.3. The molecule has 7 heteroatoms. The van der Waals surface area contributed by atoms with Gasteiger partial charge in [-0.2, -0.15) is 0 Å². The Morgan fingerprint density at radius 1 is 0.389 bits per heavy atom. The first kappa shape index (κ1) is 50.6. The van der Waals surface area contributed by atoms with Crippen LogP contribution in [0.5, 0.6) is 11.5 Å². The van der Waals surface area contributed by atoms with Crippen molar-refractivity contribution in [2.24, 2.45) is 5.41 Å². The maximum absolute atomic E-state index is 10.3. The molecule has 0 N–H and O–H groups in total. The average molecular weight is 1160 g/mol. The molecule has 0 aliphatic rings. The van der Waals surface area contributed by atoms with E-state index in [1.165, 1.54) is 0 Å². The molecule has 17 aromatic rings. The first-order valence-electron chi connectivity index (χ1n) is 31.7. The van der Waals surface area contributed by atoms with Gasteiger partial charge in [-0.25, -0.2) is 4.98 Å². The van der Waals surface area contributed by atoms with E-state index in [-0.39, 0.29) is 0 Å². The molecule has 428 valence electrons. The van der Waals surface area contributed by atoms with Crippen molar-refractivity contribution in [1.29, 1.82) is 0 Å². The first-order valence-corrected chi connectivity index (χ1v) is 30.7. The number of hydrogen-bond acceptors (Lipinski definition) is 2. The summed E-state index contributed by atoms with van der Waals surface area (Å²) in [5.74, 6) is 1.89. The molecular weight excluding hydrogens is 1100 g/mol. The van der Waals surface area contributed by atoms with Crippen LogP contribution in [0.15, 0.2) is 297 Å². The quantitative estimate of drug-likeness (QED) is 0.0957. The maximum Gasteiger partial charge on any atom is 0.269 e. The maximum atomic E-state index is 10.3. The second kappa shape index (κ2) is 21.1. The van der Waals surface area contributed by atoms with Crippen molar-refractivity contribution in [1.82, 2.24) is 23.3 Å². The van der Waals surface area contributed by atoms with Gasteiger partial charge in [-0.3, -0.25) is 13.7 Å². The number of hydrogen-bond donors (Lipinski definition) is 0. The Morgan fingerprint density at radius 2 is 0.856 bits per heavy atom. The number of pyridine rings is 1. The molecule has 0 amide bonds. The third kappa shape index (κ3) is 8.88. The molecule has 0 radical (unpaired) electrons. The number of para-hydroxylation sites is 8. The van der Waals surface area contributed by atoms with Gasteiger partial charge in [0.2, 0.25) is 0 Å². The monoisotopic (exact) mass is 1160 g/mol. The van der Waals surface area contributed by atoms with Crippen LogP contribution in [-0.2, 0) is 6.37 Å². The summed E-state index contributed by atoms with van der Waals surface area (Å²) < 4.78 is 38.7. The minimum atomic E-state index is -1.86. The highest BCUT2D eigenvalue weighted by molar-refractivity contribution is 6.12. The summed E-state index contributed by atoms with van der Waals surface area (Å²) in [6.07, 6.45) is 3.86. The van der Waals surface area contributed by atoms with E-state index in [9.17, 15) is 2.74 Å². The molecule has 90 heavy (non-hydrogen) atoms. The van der Waals surface area contributed by atoms with Gasteiger partial charge in [-0.05, 0) is 130 Å². The van der Waals surface area contributed by atoms with Crippen molar-refractivity contribution in [2.45, 2.75) is 27.1 Å². The van der Waals surface area contributed by atoms with Crippen LogP contribution in [0.4, 0.5) is 0 Å². The standard InChI is InChI=1S/C83H60N6O/c1-83(2,3)52-58-48-81(84-53-72(58)57-46-60(87-73-37-15-10-30-66(73)67-31-11-16-38-74(67)87)49-61(47-57)88-75-39-17-12-32-68(75)69-33-13-18-40-76(69)88)89-77-41-19-14-34-70(77)71-45-44-63(51-80(71)89)90-62-29-22-28-59(50-62)85-54-86(79-43-21-20-42-78(79)85)82-64(55-24-6-4-7-25-55)35-23-36-65(82)56-26-8-5-9-27-56/h4-51,53H,52H2,1-3H3/i52D2. The number of imidazole rings is 1. The summed E-state index contributed by atoms with van der Waals surface area (Å²) in [6, 6.07) is 102. The van der Waals surface area contributed by atoms with E-state index < -0.39 is 11.8 Å². The summed E-state index contributed by atoms with van der Waals surface area (Å²) in [7, 11) is 0. The normalized spacial score (nSPS) is 12.5. The van der Waals surface area contributed by atoms with E-state index in [4.69, 9.17) is 9.72 Å². The molecule has 17 rings (SSSR count). The number of aromatic nitrogens is 6. The van der Waals surface area contributed by atoms with Crippen molar-refractivity contribution >= 4 is 76.5 Å². The molecule has 0 unspecified atom stereocenters. The summed E-state index contributed by atoms with van der Waals surface area (Å²) >= 11 is 0. The van der Waals surface area contributed by atoms with Gasteiger partial charge in [0.15, 0.2) is 0 Å². The van der Waals surface area contributed by atoms with E-state index in [0.717, 1.165) is 127 Å². The van der Waals surface area contributed by atoms with Gasteiger partial charge in [0.1, 0.15) is 17.3 Å². The van der Waals surface area contributed by atoms with Gasteiger partial charge in [-0.1, -0.05) is 221 Å². The van der Waals surface area contributed by atoms with Crippen LogP contribution < -0.4 is 9.30 Å². The van der Waals surface area contributed by atoms with Crippen LogP contribution in [0, 0.1) is 11.7 Å². The van der Waals surface area contributed by atoms with Crippen LogP contribution in [0.25, 0.3) is 138 Å². The fourth-order valence-electron chi connectivity index (χ4n) is 13.7. The van der Waals surface area contributed by atoms with Crippen molar-refractivity contribution in [2.75, 3.05) is 0 Å². The van der Waals surface area contributed by atoms with Crippen LogP contribution in [-0.4, -0.2) is 23.3 Å². The Morgan fingerprint density at radius 3 is 1.40 bits per heavy atom. The van der Waals surface area contributed by atoms with Gasteiger partial charge in [0, 0.05) is 64.3 Å². The Hall–Kier alpha value is -11.5. The largest absolute Gasteiger partial charge is 0.458 e. The molecule has 5 aromatic heterocycles. The zero-order chi connectivity index (χ0) is 61.8. The van der Waals surface area contributed by atoms with Gasteiger partial charge in [-0.15, -0.1) is 0 Å². The highest BCUT2D eigenvalue weighted by Gasteiger charge is 2.24. The van der Waals surface area contributed by atoms with Crippen LogP contribution in [0.1, 0.15) is 29.1 Å². The lowest BCUT2D eigenvalue weighted by molar-refractivity contribution is -0.571. The van der Waals surface area contributed by atoms with Gasteiger partial charge in [0.25, 0.3) is 6.33 Å². The summed E-state index contributed by atoms with van der Waals surface area (Å²) in [4.78, 5) is 5.42. The third-order valence-corrected chi connectivity index (χ3v) is 17.5. The molecule has 0 spiro atoms. The predicted molar refractivity (Wildman–Crippen MR) is 370 cm³/mol. The molecule has 12 aromatic carbocycles. The number of ether oxygens (including phenoxy) is 1. The minimum absolute atomic E-state index is 0.535. The number of nitrogens with zero attached hydrogens (tertiary/aromatic N) is 6. The van der Waals surface area contributed by atoms with Crippen molar-refractivity contribution in [3.63, 3.8) is 0 Å². The molecular formula is C83H60N6O. The van der Waals surface area contributed by atoms with Crippen LogP contribution in [0.2, 0.25) is 0 Å². The molecule has 0 aliphatic carbocycles. The van der Waals surface area contributed by atoms with Crippen molar-refractivity contribution in [3.8, 4) is 73.4 Å². The molecule has 5 heterocycles. The van der Waals surface area contributed by atoms with Gasteiger partial charge < -0.3 is 13.9 Å². The summed E-state index contributed by atoms with van der Waals surface area (Å²) in [6.45, 7) is 5.94. The molecule has 0 atom stereocenters. The molecule has 0 saturated carbocycles. The van der Waals surface area contributed by atoms with Crippen molar-refractivity contribution in [3.05, 3.63) is 309 Å². The smallest absolute Gasteiger partial charge is 0.269 e. The fraction of sp³-hybridized carbons (Fsp3) is 0.0602. The molecule has 0 aliphatic heterocycles. The molecule has 7 nitrogen and oxygen atoms in total. The van der Waals surface area contributed by atoms with E-state index in [2.05, 4.69) is 296 Å². The Kier molecular flexibility index (Phi) is 11.9. The van der Waals surface area contributed by atoms with Crippen LogP contribution >= 0.6 is 0 Å². The Bertz CT molecular complexity index is 5470. The highest BCUT2D eigenvalue weighted by atomic mass is 16.5. The predicted octanol–water partition coefficient (Wildman–Crippen LogP) is 20.8. The third-order valence-electron chi connectivity index (χ3n) is 17.5. The van der Waals surface area contributed by atoms with E-state index in [1.807, 2.05) is 51.2 Å². The first-order chi connectivity index (χ1) is 45.0. The second-order valence-corrected chi connectivity index (χ2v) is 24.3. The molecule has 0 saturated heterocycles. The Balaban J connectivity index is 0.811. The highest BCUT2D eigenvalue weighted by Crippen LogP contribution is 2.42. The lowest BCUT2D eigenvalue weighted by Crippen LogP contribution is -2.31. The van der Waals surface area contributed by atoms with Crippen molar-refractivity contribution < 1.29 is 12.0 Å². The summed E-state index contributed by atoms with van der Waals surface area (Å²) in [5.41, 5.74) is 17.7. The van der Waals surface area contributed by atoms with Crippen LogP contribution in [0.3, 0.4) is 0 Å². The lowest BCUT2D eigenvalue weighted by Gasteiger charge is -2.22. The fourth-order valence-corrected chi connectivity index (χ4v) is 13.7.